The van der Waals surface area contributed by atoms with E-state index in [4.69, 9.17) is 10.6 Å². The van der Waals surface area contributed by atoms with Crippen molar-refractivity contribution in [2.24, 2.45) is 12.9 Å². The van der Waals surface area contributed by atoms with Crippen LogP contribution in [-0.4, -0.2) is 22.1 Å². The van der Waals surface area contributed by atoms with Crippen LogP contribution in [0.4, 0.5) is 0 Å². The summed E-state index contributed by atoms with van der Waals surface area (Å²) in [6.07, 6.45) is 0.716. The number of aryl methyl sites for hydroxylation is 1. The number of nitrogens with one attached hydrogen (secondary N) is 1. The van der Waals surface area contributed by atoms with Gasteiger partial charge < -0.3 is 4.74 Å². The maximum atomic E-state index is 5.65. The van der Waals surface area contributed by atoms with E-state index in [1.54, 1.807) is 11.8 Å². The fraction of sp³-hybridized carbons (Fsp3) is 0.333. The molecule has 0 amide bonds. The second-order valence-corrected chi connectivity index (χ2v) is 4.92. The molecule has 6 nitrogen and oxygen atoms in total. The lowest BCUT2D eigenvalue weighted by molar-refractivity contribution is 0.413. The first-order valence-corrected chi connectivity index (χ1v) is 6.59. The smallest absolute Gasteiger partial charge is 0.153 e. The van der Waals surface area contributed by atoms with E-state index in [-0.39, 0.29) is 6.04 Å². The molecule has 1 aromatic heterocycles. The van der Waals surface area contributed by atoms with Crippen LogP contribution < -0.4 is 16.0 Å². The van der Waals surface area contributed by atoms with E-state index in [1.807, 2.05) is 31.3 Å². The van der Waals surface area contributed by atoms with E-state index < -0.39 is 0 Å². The summed E-state index contributed by atoms with van der Waals surface area (Å²) in [4.78, 5) is 0. The predicted octanol–water partition coefficient (Wildman–Crippen LogP) is 1.33. The van der Waals surface area contributed by atoms with Gasteiger partial charge >= 0.3 is 0 Å². The Bertz CT molecular complexity index is 537. The van der Waals surface area contributed by atoms with Crippen molar-refractivity contribution in [3.63, 3.8) is 0 Å². The zero-order valence-electron chi connectivity index (χ0n) is 10.8. The van der Waals surface area contributed by atoms with Crippen molar-refractivity contribution in [3.05, 3.63) is 40.1 Å². The van der Waals surface area contributed by atoms with Crippen LogP contribution in [0.15, 0.2) is 28.9 Å². The molecule has 0 aliphatic heterocycles. The highest BCUT2D eigenvalue weighted by molar-refractivity contribution is 9.10. The summed E-state index contributed by atoms with van der Waals surface area (Å²) >= 11 is 3.39. The third-order valence-electron chi connectivity index (χ3n) is 2.93. The highest BCUT2D eigenvalue weighted by Gasteiger charge is 2.19. The summed E-state index contributed by atoms with van der Waals surface area (Å²) in [6.45, 7) is 0. The molecule has 19 heavy (non-hydrogen) atoms. The second kappa shape index (κ2) is 6.14. The summed E-state index contributed by atoms with van der Waals surface area (Å²) < 4.78 is 7.62. The summed E-state index contributed by atoms with van der Waals surface area (Å²) in [6, 6.07) is 7.81. The Kier molecular flexibility index (Phi) is 4.52. The molecule has 7 heteroatoms. The summed E-state index contributed by atoms with van der Waals surface area (Å²) in [5.41, 5.74) is 4.83. The molecule has 0 spiro atoms. The summed E-state index contributed by atoms with van der Waals surface area (Å²) in [7, 11) is 3.49. The van der Waals surface area contributed by atoms with Gasteiger partial charge in [-0.15, -0.1) is 5.10 Å². The van der Waals surface area contributed by atoms with E-state index in [0.717, 1.165) is 17.0 Å². The Labute approximate surface area is 120 Å². The quantitative estimate of drug-likeness (QED) is 0.640. The fourth-order valence-electron chi connectivity index (χ4n) is 1.98. The van der Waals surface area contributed by atoms with Gasteiger partial charge in [-0.3, -0.25) is 11.3 Å². The van der Waals surface area contributed by atoms with Crippen molar-refractivity contribution < 1.29 is 4.74 Å². The first-order chi connectivity index (χ1) is 9.15. The van der Waals surface area contributed by atoms with Gasteiger partial charge in [-0.05, 0) is 40.0 Å². The molecule has 0 aliphatic carbocycles. The van der Waals surface area contributed by atoms with Gasteiger partial charge in [0.2, 0.25) is 0 Å². The standard InChI is InChI=1S/C12H16BrN5O/c1-18-11(12(13)16-17-18)10(15-14)7-8-4-3-5-9(6-8)19-2/h3-6,10,15H,7,14H2,1-2H3. The Morgan fingerprint density at radius 3 is 2.89 bits per heavy atom. The van der Waals surface area contributed by atoms with Crippen molar-refractivity contribution >= 4 is 15.9 Å². The molecule has 0 radical (unpaired) electrons. The van der Waals surface area contributed by atoms with Crippen LogP contribution in [0.2, 0.25) is 0 Å². The van der Waals surface area contributed by atoms with Gasteiger partial charge in [0.25, 0.3) is 0 Å². The zero-order chi connectivity index (χ0) is 13.8. The molecule has 2 rings (SSSR count). The topological polar surface area (TPSA) is 78.0 Å². The van der Waals surface area contributed by atoms with Gasteiger partial charge in [0.1, 0.15) is 5.75 Å². The maximum Gasteiger partial charge on any atom is 0.153 e. The van der Waals surface area contributed by atoms with E-state index in [9.17, 15) is 0 Å². The number of benzene rings is 1. The molecule has 102 valence electrons. The average molecular weight is 326 g/mol. The summed E-state index contributed by atoms with van der Waals surface area (Å²) in [5, 5.41) is 7.93. The molecule has 3 N–H and O–H groups in total. The van der Waals surface area contributed by atoms with Gasteiger partial charge in [0.15, 0.2) is 4.60 Å². The van der Waals surface area contributed by atoms with Crippen molar-refractivity contribution in [2.45, 2.75) is 12.5 Å². The van der Waals surface area contributed by atoms with Gasteiger partial charge in [0.05, 0.1) is 18.8 Å². The minimum absolute atomic E-state index is 0.0820. The van der Waals surface area contributed by atoms with Crippen molar-refractivity contribution in [2.75, 3.05) is 7.11 Å². The van der Waals surface area contributed by atoms with Crippen LogP contribution in [0.25, 0.3) is 0 Å². The number of rotatable bonds is 5. The van der Waals surface area contributed by atoms with Crippen LogP contribution in [0.1, 0.15) is 17.3 Å². The Hall–Kier alpha value is -1.44. The molecular formula is C12H16BrN5O. The van der Waals surface area contributed by atoms with Crippen LogP contribution in [0.5, 0.6) is 5.75 Å². The Balaban J connectivity index is 2.24. The van der Waals surface area contributed by atoms with Crippen LogP contribution in [0, 0.1) is 0 Å². The molecule has 0 saturated carbocycles. The first kappa shape index (κ1) is 14.0. The van der Waals surface area contributed by atoms with Crippen molar-refractivity contribution in [3.8, 4) is 5.75 Å². The van der Waals surface area contributed by atoms with E-state index in [0.29, 0.717) is 11.0 Å². The molecular weight excluding hydrogens is 310 g/mol. The second-order valence-electron chi connectivity index (χ2n) is 4.16. The molecule has 0 saturated heterocycles. The predicted molar refractivity (Wildman–Crippen MR) is 75.5 cm³/mol. The molecule has 1 heterocycles. The molecule has 0 aliphatic rings. The van der Waals surface area contributed by atoms with Crippen LogP contribution >= 0.6 is 15.9 Å². The molecule has 1 atom stereocenters. The van der Waals surface area contributed by atoms with Crippen molar-refractivity contribution in [1.29, 1.82) is 0 Å². The highest BCUT2D eigenvalue weighted by atomic mass is 79.9. The fourth-order valence-corrected chi connectivity index (χ4v) is 2.58. The minimum atomic E-state index is -0.0820. The highest BCUT2D eigenvalue weighted by Crippen LogP contribution is 2.24. The van der Waals surface area contributed by atoms with Crippen LogP contribution in [-0.2, 0) is 13.5 Å². The zero-order valence-corrected chi connectivity index (χ0v) is 12.4. The maximum absolute atomic E-state index is 5.65. The monoisotopic (exact) mass is 325 g/mol. The number of halogens is 1. The lowest BCUT2D eigenvalue weighted by Gasteiger charge is -2.16. The number of hydrogen-bond acceptors (Lipinski definition) is 5. The van der Waals surface area contributed by atoms with Gasteiger partial charge in [0, 0.05) is 7.05 Å². The SMILES string of the molecule is COc1cccc(CC(NN)c2c(Br)nnn2C)c1. The Morgan fingerprint density at radius 1 is 1.53 bits per heavy atom. The van der Waals surface area contributed by atoms with E-state index in [1.165, 1.54) is 0 Å². The number of ether oxygens (including phenoxy) is 1. The van der Waals surface area contributed by atoms with Crippen LogP contribution in [0.3, 0.4) is 0 Å². The number of hydrazine groups is 1. The third kappa shape index (κ3) is 3.12. The van der Waals surface area contributed by atoms with Gasteiger partial charge in [-0.2, -0.15) is 0 Å². The first-order valence-electron chi connectivity index (χ1n) is 5.79. The lowest BCUT2D eigenvalue weighted by atomic mass is 10.0. The molecule has 1 unspecified atom stereocenters. The van der Waals surface area contributed by atoms with E-state index in [2.05, 4.69) is 31.7 Å². The molecule has 0 fully saturated rings. The number of aromatic nitrogens is 3. The number of nitrogens with zero attached hydrogens (tertiary/aromatic N) is 3. The summed E-state index contributed by atoms with van der Waals surface area (Å²) in [5.74, 6) is 6.48. The normalized spacial score (nSPS) is 12.4. The molecule has 0 bridgehead atoms. The minimum Gasteiger partial charge on any atom is -0.497 e. The average Bonchev–Trinajstić information content (AvgIpc) is 2.76. The number of hydrogen-bond donors (Lipinski definition) is 2. The lowest BCUT2D eigenvalue weighted by Crippen LogP contribution is -2.31. The van der Waals surface area contributed by atoms with Gasteiger partial charge in [-0.1, -0.05) is 17.3 Å². The van der Waals surface area contributed by atoms with Crippen molar-refractivity contribution in [1.82, 2.24) is 20.4 Å². The largest absolute Gasteiger partial charge is 0.497 e. The number of methoxy groups -OCH3 is 1. The molecule has 1 aromatic carbocycles. The Morgan fingerprint density at radius 2 is 2.32 bits per heavy atom. The van der Waals surface area contributed by atoms with E-state index >= 15 is 0 Å². The molecule has 2 aromatic rings. The van der Waals surface area contributed by atoms with Gasteiger partial charge in [-0.25, -0.2) is 4.68 Å². The number of nitrogens with two attached hydrogens (primary N) is 1. The third-order valence-corrected chi connectivity index (χ3v) is 3.50.